The molecule has 22 heavy (non-hydrogen) atoms. The number of aromatic nitrogens is 2. The minimum atomic E-state index is -0.797. The van der Waals surface area contributed by atoms with Crippen molar-refractivity contribution in [1.82, 2.24) is 14.9 Å². The third kappa shape index (κ3) is 3.42. The van der Waals surface area contributed by atoms with E-state index in [9.17, 15) is 4.79 Å². The fraction of sp³-hybridized carbons (Fsp3) is 0.400. The van der Waals surface area contributed by atoms with E-state index in [0.717, 1.165) is 28.6 Å². The number of rotatable bonds is 4. The standard InChI is InChI=1S/C15H18N4O2S/c1-11-17-13(10-22-11)8-19-6-5-18(9-14(20)21)7-12-3-2-4-16-15(12)19/h2-4,10H,5-9H2,1H3,(H,20,21). The van der Waals surface area contributed by atoms with E-state index in [4.69, 9.17) is 5.11 Å². The first kappa shape index (κ1) is 14.9. The van der Waals surface area contributed by atoms with Gasteiger partial charge in [-0.05, 0) is 13.0 Å². The van der Waals surface area contributed by atoms with Gasteiger partial charge in [-0.2, -0.15) is 0 Å². The molecule has 0 aliphatic carbocycles. The number of hydrogen-bond acceptors (Lipinski definition) is 6. The van der Waals surface area contributed by atoms with Crippen LogP contribution in [-0.4, -0.2) is 45.6 Å². The summed E-state index contributed by atoms with van der Waals surface area (Å²) in [4.78, 5) is 24.1. The minimum absolute atomic E-state index is 0.0536. The van der Waals surface area contributed by atoms with Crippen LogP contribution in [0.1, 0.15) is 16.3 Å². The Morgan fingerprint density at radius 1 is 1.45 bits per heavy atom. The van der Waals surface area contributed by atoms with Crippen LogP contribution in [0.25, 0.3) is 0 Å². The first-order valence-corrected chi connectivity index (χ1v) is 8.04. The molecule has 6 nitrogen and oxygen atoms in total. The van der Waals surface area contributed by atoms with Crippen LogP contribution >= 0.6 is 11.3 Å². The van der Waals surface area contributed by atoms with Crippen LogP contribution < -0.4 is 4.90 Å². The van der Waals surface area contributed by atoms with Crippen LogP contribution in [0.5, 0.6) is 0 Å². The molecule has 7 heteroatoms. The molecule has 0 saturated heterocycles. The third-order valence-electron chi connectivity index (χ3n) is 3.63. The van der Waals surface area contributed by atoms with Crippen LogP contribution in [0.15, 0.2) is 23.7 Å². The number of anilines is 1. The lowest BCUT2D eigenvalue weighted by Gasteiger charge is -2.22. The summed E-state index contributed by atoms with van der Waals surface area (Å²) in [6, 6.07) is 3.91. The van der Waals surface area contributed by atoms with Crippen LogP contribution in [-0.2, 0) is 17.9 Å². The van der Waals surface area contributed by atoms with E-state index < -0.39 is 5.97 Å². The van der Waals surface area contributed by atoms with Crippen molar-refractivity contribution in [3.05, 3.63) is 40.0 Å². The topological polar surface area (TPSA) is 69.6 Å². The van der Waals surface area contributed by atoms with Crippen molar-refractivity contribution in [2.75, 3.05) is 24.5 Å². The lowest BCUT2D eigenvalue weighted by molar-refractivity contribution is -0.138. The predicted octanol–water partition coefficient (Wildman–Crippen LogP) is 1.75. The van der Waals surface area contributed by atoms with Gasteiger partial charge in [-0.25, -0.2) is 9.97 Å². The number of carboxylic acid groups (broad SMARTS) is 1. The largest absolute Gasteiger partial charge is 0.480 e. The summed E-state index contributed by atoms with van der Waals surface area (Å²) >= 11 is 1.64. The number of aryl methyl sites for hydroxylation is 1. The Morgan fingerprint density at radius 3 is 3.05 bits per heavy atom. The van der Waals surface area contributed by atoms with Gasteiger partial charge in [-0.15, -0.1) is 11.3 Å². The maximum atomic E-state index is 11.0. The van der Waals surface area contributed by atoms with Crippen molar-refractivity contribution in [1.29, 1.82) is 0 Å². The van der Waals surface area contributed by atoms with Gasteiger partial charge in [-0.3, -0.25) is 9.69 Å². The van der Waals surface area contributed by atoms with Crippen LogP contribution in [0.2, 0.25) is 0 Å². The van der Waals surface area contributed by atoms with Crippen molar-refractivity contribution >= 4 is 23.1 Å². The molecule has 2 aromatic rings. The lowest BCUT2D eigenvalue weighted by Crippen LogP contribution is -2.34. The maximum Gasteiger partial charge on any atom is 0.317 e. The smallest absolute Gasteiger partial charge is 0.317 e. The van der Waals surface area contributed by atoms with E-state index >= 15 is 0 Å². The fourth-order valence-corrected chi connectivity index (χ4v) is 3.29. The normalized spacial score (nSPS) is 15.4. The number of carboxylic acids is 1. The average molecular weight is 318 g/mol. The van der Waals surface area contributed by atoms with Gasteiger partial charge >= 0.3 is 5.97 Å². The quantitative estimate of drug-likeness (QED) is 0.926. The van der Waals surface area contributed by atoms with Crippen molar-refractivity contribution in [2.24, 2.45) is 0 Å². The highest BCUT2D eigenvalue weighted by molar-refractivity contribution is 7.09. The Bertz CT molecular complexity index is 673. The highest BCUT2D eigenvalue weighted by Gasteiger charge is 2.22. The molecule has 3 rings (SSSR count). The number of aliphatic carboxylic acids is 1. The summed E-state index contributed by atoms with van der Waals surface area (Å²) in [6.45, 7) is 4.81. The predicted molar refractivity (Wildman–Crippen MR) is 85.1 cm³/mol. The van der Waals surface area contributed by atoms with E-state index in [1.165, 1.54) is 0 Å². The number of fused-ring (bicyclic) bond motifs is 1. The summed E-state index contributed by atoms with van der Waals surface area (Å²) in [5.74, 6) is 0.134. The van der Waals surface area contributed by atoms with Gasteiger partial charge in [0.15, 0.2) is 0 Å². The van der Waals surface area contributed by atoms with E-state index in [-0.39, 0.29) is 6.54 Å². The summed E-state index contributed by atoms with van der Waals surface area (Å²) in [5.41, 5.74) is 2.10. The summed E-state index contributed by atoms with van der Waals surface area (Å²) in [7, 11) is 0. The fourth-order valence-electron chi connectivity index (χ4n) is 2.68. The van der Waals surface area contributed by atoms with E-state index in [1.807, 2.05) is 24.0 Å². The van der Waals surface area contributed by atoms with Gasteiger partial charge in [0.1, 0.15) is 5.82 Å². The Hall–Kier alpha value is -1.99. The van der Waals surface area contributed by atoms with Crippen molar-refractivity contribution in [3.8, 4) is 0 Å². The van der Waals surface area contributed by atoms with Gasteiger partial charge in [-0.1, -0.05) is 6.07 Å². The molecule has 116 valence electrons. The number of carbonyl (C=O) groups is 1. The number of thiazole rings is 1. The second kappa shape index (κ2) is 6.41. The Balaban J connectivity index is 1.83. The number of pyridine rings is 1. The van der Waals surface area contributed by atoms with Crippen molar-refractivity contribution < 1.29 is 9.90 Å². The molecule has 1 aliphatic heterocycles. The van der Waals surface area contributed by atoms with Gasteiger partial charge in [0.05, 0.1) is 23.8 Å². The van der Waals surface area contributed by atoms with Gasteiger partial charge in [0, 0.05) is 36.8 Å². The Labute approximate surface area is 133 Å². The molecular formula is C15H18N4O2S. The number of hydrogen-bond donors (Lipinski definition) is 1. The molecule has 0 spiro atoms. The molecule has 0 saturated carbocycles. The SMILES string of the molecule is Cc1nc(CN2CCN(CC(=O)O)Cc3cccnc32)cs1. The summed E-state index contributed by atoms with van der Waals surface area (Å²) < 4.78 is 0. The van der Waals surface area contributed by atoms with Crippen LogP contribution in [0.4, 0.5) is 5.82 Å². The van der Waals surface area contributed by atoms with Crippen LogP contribution in [0, 0.1) is 6.92 Å². The molecule has 1 aliphatic rings. The van der Waals surface area contributed by atoms with Crippen LogP contribution in [0.3, 0.4) is 0 Å². The molecule has 0 bridgehead atoms. The summed E-state index contributed by atoms with van der Waals surface area (Å²) in [6.07, 6.45) is 1.78. The van der Waals surface area contributed by atoms with E-state index in [2.05, 4.69) is 20.2 Å². The highest BCUT2D eigenvalue weighted by atomic mass is 32.1. The molecule has 0 amide bonds. The van der Waals surface area contributed by atoms with E-state index in [1.54, 1.807) is 17.5 Å². The first-order chi connectivity index (χ1) is 10.6. The maximum absolute atomic E-state index is 11.0. The molecular weight excluding hydrogens is 300 g/mol. The molecule has 3 heterocycles. The lowest BCUT2D eigenvalue weighted by atomic mass is 10.2. The monoisotopic (exact) mass is 318 g/mol. The summed E-state index contributed by atoms with van der Waals surface area (Å²) in [5, 5.41) is 12.2. The van der Waals surface area contributed by atoms with Crippen molar-refractivity contribution in [2.45, 2.75) is 20.0 Å². The zero-order chi connectivity index (χ0) is 15.5. The Kier molecular flexibility index (Phi) is 4.35. The zero-order valence-corrected chi connectivity index (χ0v) is 13.2. The molecule has 0 radical (unpaired) electrons. The van der Waals surface area contributed by atoms with Crippen molar-refractivity contribution in [3.63, 3.8) is 0 Å². The molecule has 0 aromatic carbocycles. The highest BCUT2D eigenvalue weighted by Crippen LogP contribution is 2.24. The minimum Gasteiger partial charge on any atom is -0.480 e. The zero-order valence-electron chi connectivity index (χ0n) is 12.4. The number of nitrogens with zero attached hydrogens (tertiary/aromatic N) is 4. The molecule has 0 atom stereocenters. The molecule has 2 aromatic heterocycles. The van der Waals surface area contributed by atoms with E-state index in [0.29, 0.717) is 19.6 Å². The third-order valence-corrected chi connectivity index (χ3v) is 4.45. The second-order valence-electron chi connectivity index (χ2n) is 5.37. The first-order valence-electron chi connectivity index (χ1n) is 7.16. The van der Waals surface area contributed by atoms with Gasteiger partial charge < -0.3 is 10.0 Å². The van der Waals surface area contributed by atoms with Gasteiger partial charge in [0.2, 0.25) is 0 Å². The second-order valence-corrected chi connectivity index (χ2v) is 6.43. The Morgan fingerprint density at radius 2 is 2.32 bits per heavy atom. The molecule has 0 fully saturated rings. The van der Waals surface area contributed by atoms with Gasteiger partial charge in [0.25, 0.3) is 0 Å². The molecule has 0 unspecified atom stereocenters. The molecule has 1 N–H and O–H groups in total. The average Bonchev–Trinajstić information content (AvgIpc) is 2.80.